The molecule has 0 aliphatic carbocycles. The number of alkyl halides is 3. The summed E-state index contributed by atoms with van der Waals surface area (Å²) in [6.07, 6.45) is -1.38. The predicted octanol–water partition coefficient (Wildman–Crippen LogP) is 3.54. The minimum Gasteiger partial charge on any atom is -0.369 e. The Bertz CT molecular complexity index is 1220. The van der Waals surface area contributed by atoms with Gasteiger partial charge in [-0.15, -0.1) is 0 Å². The molecule has 3 N–H and O–H groups in total. The monoisotopic (exact) mass is 472 g/mol. The molecule has 11 heteroatoms. The van der Waals surface area contributed by atoms with Crippen LogP contribution in [-0.2, 0) is 6.18 Å². The first-order valence-electron chi connectivity index (χ1n) is 10.6. The molecule has 0 unspecified atom stereocenters. The molecule has 0 radical (unpaired) electrons. The molecule has 2 aromatic heterocycles. The van der Waals surface area contributed by atoms with E-state index in [9.17, 15) is 22.8 Å². The van der Waals surface area contributed by atoms with E-state index < -0.39 is 23.2 Å². The Hall–Kier alpha value is -3.86. The maximum absolute atomic E-state index is 13.3. The number of aromatic nitrogens is 2. The molecule has 0 atom stereocenters. The second kappa shape index (κ2) is 9.56. The van der Waals surface area contributed by atoms with E-state index in [1.165, 1.54) is 12.3 Å². The number of carbonyl (C=O) groups is 1. The standard InChI is InChI=1S/C23H23F3N6O2/c1-31-10-12-32(13-11-31)16-4-2-15(3-5-16)29-22(34)20-18(7-9-28-21(20)33)30-19-14-27-8-6-17(19)23(24,25)26/h2-9,14H,10-13H2,1H3,(H,29,34)(H2,28,30,33). The number of carbonyl (C=O) groups excluding carboxylic acids is 1. The number of hydrogen-bond acceptors (Lipinski definition) is 6. The molecule has 1 amide bonds. The molecule has 178 valence electrons. The maximum atomic E-state index is 13.3. The summed E-state index contributed by atoms with van der Waals surface area (Å²) >= 11 is 0. The molecular formula is C23H23F3N6O2. The van der Waals surface area contributed by atoms with Crippen molar-refractivity contribution in [2.75, 3.05) is 48.8 Å². The molecule has 1 aliphatic rings. The van der Waals surface area contributed by atoms with E-state index in [1.807, 2.05) is 12.1 Å². The van der Waals surface area contributed by atoms with Crippen molar-refractivity contribution in [3.63, 3.8) is 0 Å². The lowest BCUT2D eigenvalue weighted by atomic mass is 10.1. The third-order valence-corrected chi connectivity index (χ3v) is 5.58. The van der Waals surface area contributed by atoms with E-state index in [0.29, 0.717) is 5.69 Å². The van der Waals surface area contributed by atoms with Gasteiger partial charge in [0.25, 0.3) is 11.5 Å². The van der Waals surface area contributed by atoms with Gasteiger partial charge in [-0.25, -0.2) is 0 Å². The van der Waals surface area contributed by atoms with Crippen molar-refractivity contribution in [2.45, 2.75) is 6.18 Å². The lowest BCUT2D eigenvalue weighted by Crippen LogP contribution is -2.44. The summed E-state index contributed by atoms with van der Waals surface area (Å²) in [4.78, 5) is 35.9. The first-order chi connectivity index (χ1) is 16.2. The smallest absolute Gasteiger partial charge is 0.369 e. The summed E-state index contributed by atoms with van der Waals surface area (Å²) in [7, 11) is 2.07. The second-order valence-electron chi connectivity index (χ2n) is 7.93. The molecule has 0 spiro atoms. The quantitative estimate of drug-likeness (QED) is 0.526. The zero-order valence-electron chi connectivity index (χ0n) is 18.3. The molecular weight excluding hydrogens is 449 g/mol. The van der Waals surface area contributed by atoms with Gasteiger partial charge in [0, 0.05) is 49.9 Å². The van der Waals surface area contributed by atoms with Crippen molar-refractivity contribution >= 4 is 28.7 Å². The highest BCUT2D eigenvalue weighted by molar-refractivity contribution is 6.08. The van der Waals surface area contributed by atoms with Crippen LogP contribution in [0.3, 0.4) is 0 Å². The van der Waals surface area contributed by atoms with Gasteiger partial charge in [0.2, 0.25) is 0 Å². The van der Waals surface area contributed by atoms with Crippen molar-refractivity contribution in [1.29, 1.82) is 0 Å². The van der Waals surface area contributed by atoms with Crippen LogP contribution in [0.1, 0.15) is 15.9 Å². The summed E-state index contributed by atoms with van der Waals surface area (Å²) < 4.78 is 40.0. The topological polar surface area (TPSA) is 93.4 Å². The number of rotatable bonds is 5. The summed E-state index contributed by atoms with van der Waals surface area (Å²) in [6, 6.07) is 9.33. The number of pyridine rings is 2. The van der Waals surface area contributed by atoms with E-state index >= 15 is 0 Å². The molecule has 1 aromatic carbocycles. The maximum Gasteiger partial charge on any atom is 0.418 e. The number of benzene rings is 1. The largest absolute Gasteiger partial charge is 0.418 e. The van der Waals surface area contributed by atoms with Gasteiger partial charge in [-0.2, -0.15) is 13.2 Å². The van der Waals surface area contributed by atoms with Crippen molar-refractivity contribution in [3.8, 4) is 0 Å². The number of hydrogen-bond donors (Lipinski definition) is 3. The number of amides is 1. The van der Waals surface area contributed by atoms with Crippen LogP contribution < -0.4 is 21.1 Å². The Balaban J connectivity index is 1.54. The van der Waals surface area contributed by atoms with Gasteiger partial charge >= 0.3 is 6.18 Å². The number of aromatic amines is 1. The molecule has 34 heavy (non-hydrogen) atoms. The van der Waals surface area contributed by atoms with Crippen LogP contribution >= 0.6 is 0 Å². The van der Waals surface area contributed by atoms with Crippen LogP contribution in [0.2, 0.25) is 0 Å². The van der Waals surface area contributed by atoms with Gasteiger partial charge in [-0.05, 0) is 43.4 Å². The fraction of sp³-hybridized carbons (Fsp3) is 0.261. The van der Waals surface area contributed by atoms with Crippen molar-refractivity contribution < 1.29 is 18.0 Å². The molecule has 1 fully saturated rings. The number of halogens is 3. The number of likely N-dealkylation sites (N-methyl/N-ethyl adjacent to an activating group) is 1. The molecule has 1 aliphatic heterocycles. The minimum absolute atomic E-state index is 0.0752. The second-order valence-corrected chi connectivity index (χ2v) is 7.93. The molecule has 0 saturated carbocycles. The van der Waals surface area contributed by atoms with Crippen LogP contribution in [-0.4, -0.2) is 54.0 Å². The molecule has 3 heterocycles. The summed E-state index contributed by atoms with van der Waals surface area (Å²) in [5.74, 6) is -0.755. The van der Waals surface area contributed by atoms with E-state index in [2.05, 4.69) is 37.4 Å². The average molecular weight is 472 g/mol. The number of nitrogens with zero attached hydrogens (tertiary/aromatic N) is 3. The highest BCUT2D eigenvalue weighted by Crippen LogP contribution is 2.35. The van der Waals surface area contributed by atoms with Crippen molar-refractivity contribution in [1.82, 2.24) is 14.9 Å². The summed E-state index contributed by atoms with van der Waals surface area (Å²) in [5.41, 5.74) is -1.03. The van der Waals surface area contributed by atoms with Gasteiger partial charge < -0.3 is 25.4 Å². The van der Waals surface area contributed by atoms with E-state index in [1.54, 1.807) is 12.1 Å². The predicted molar refractivity (Wildman–Crippen MR) is 124 cm³/mol. The average Bonchev–Trinajstić information content (AvgIpc) is 2.80. The van der Waals surface area contributed by atoms with Gasteiger partial charge in [0.05, 0.1) is 23.1 Å². The Kier molecular flexibility index (Phi) is 6.55. The molecule has 1 saturated heterocycles. The van der Waals surface area contributed by atoms with Gasteiger partial charge in [-0.3, -0.25) is 14.6 Å². The Labute approximate surface area is 193 Å². The molecule has 8 nitrogen and oxygen atoms in total. The molecule has 0 bridgehead atoms. The zero-order chi connectivity index (χ0) is 24.3. The summed E-state index contributed by atoms with van der Waals surface area (Å²) in [6.45, 7) is 3.70. The van der Waals surface area contributed by atoms with Gasteiger partial charge in [-0.1, -0.05) is 0 Å². The highest BCUT2D eigenvalue weighted by atomic mass is 19.4. The SMILES string of the molecule is CN1CCN(c2ccc(NC(=O)c3c(Nc4cnccc4C(F)(F)F)cc[nH]c3=O)cc2)CC1. The van der Waals surface area contributed by atoms with Crippen molar-refractivity contribution in [2.24, 2.45) is 0 Å². The van der Waals surface area contributed by atoms with Crippen LogP contribution in [0.5, 0.6) is 0 Å². The lowest BCUT2D eigenvalue weighted by Gasteiger charge is -2.34. The molecule has 3 aromatic rings. The first kappa shape index (κ1) is 23.3. The lowest BCUT2D eigenvalue weighted by molar-refractivity contribution is -0.137. The van der Waals surface area contributed by atoms with Gasteiger partial charge in [0.15, 0.2) is 0 Å². The van der Waals surface area contributed by atoms with Crippen molar-refractivity contribution in [3.05, 3.63) is 76.5 Å². The third-order valence-electron chi connectivity index (χ3n) is 5.58. The fourth-order valence-electron chi connectivity index (χ4n) is 3.71. The summed E-state index contributed by atoms with van der Waals surface area (Å²) in [5, 5.41) is 5.18. The van der Waals surface area contributed by atoms with E-state index in [0.717, 1.165) is 50.3 Å². The number of nitrogens with one attached hydrogen (secondary N) is 3. The Morgan fingerprint density at radius 3 is 2.41 bits per heavy atom. The van der Waals surface area contributed by atoms with Crippen LogP contribution in [0.4, 0.5) is 35.9 Å². The molecule has 4 rings (SSSR count). The normalized spacial score (nSPS) is 14.6. The first-order valence-corrected chi connectivity index (χ1v) is 10.6. The van der Waals surface area contributed by atoms with Gasteiger partial charge in [0.1, 0.15) is 5.56 Å². The van der Waals surface area contributed by atoms with Crippen LogP contribution in [0, 0.1) is 0 Å². The van der Waals surface area contributed by atoms with Crippen LogP contribution in [0.15, 0.2) is 59.8 Å². The van der Waals surface area contributed by atoms with E-state index in [-0.39, 0.29) is 16.9 Å². The van der Waals surface area contributed by atoms with E-state index in [4.69, 9.17) is 0 Å². The Morgan fingerprint density at radius 2 is 1.74 bits per heavy atom. The third kappa shape index (κ3) is 5.20. The minimum atomic E-state index is -4.64. The fourth-order valence-corrected chi connectivity index (χ4v) is 3.71. The van der Waals surface area contributed by atoms with Crippen LogP contribution in [0.25, 0.3) is 0 Å². The number of piperazine rings is 1. The Morgan fingerprint density at radius 1 is 1.03 bits per heavy atom. The number of anilines is 4. The zero-order valence-corrected chi connectivity index (χ0v) is 18.3. The number of H-pyrrole nitrogens is 1. The highest BCUT2D eigenvalue weighted by Gasteiger charge is 2.34.